The fourth-order valence-corrected chi connectivity index (χ4v) is 1.11. The van der Waals surface area contributed by atoms with Gasteiger partial charge in [0.25, 0.3) is 0 Å². The van der Waals surface area contributed by atoms with Crippen molar-refractivity contribution in [1.82, 2.24) is 4.98 Å². The second-order valence-corrected chi connectivity index (χ2v) is 3.22. The number of halogens is 1. The maximum Gasteiger partial charge on any atom is 0.400 e. The van der Waals surface area contributed by atoms with E-state index in [1.165, 1.54) is 11.8 Å². The molecule has 0 aliphatic carbocycles. The van der Waals surface area contributed by atoms with Gasteiger partial charge in [0.2, 0.25) is 5.22 Å². The first-order valence-corrected chi connectivity index (χ1v) is 4.48. The van der Waals surface area contributed by atoms with E-state index in [4.69, 9.17) is 20.8 Å². The van der Waals surface area contributed by atoms with Crippen molar-refractivity contribution in [1.29, 1.82) is 0 Å². The van der Waals surface area contributed by atoms with Crippen LogP contribution in [0.4, 0.5) is 0 Å². The Morgan fingerprint density at radius 2 is 2.00 bits per heavy atom. The Morgan fingerprint density at radius 3 is 2.57 bits per heavy atom. The Balaban J connectivity index is 2.15. The number of ether oxygens (including phenoxy) is 1. The van der Waals surface area contributed by atoms with Crippen molar-refractivity contribution in [2.45, 2.75) is 6.92 Å². The quantitative estimate of drug-likeness (QED) is 0.760. The second-order valence-electron chi connectivity index (χ2n) is 2.85. The van der Waals surface area contributed by atoms with Crippen molar-refractivity contribution in [2.24, 2.45) is 0 Å². The molecule has 0 aliphatic heterocycles. The highest BCUT2D eigenvalue weighted by atomic mass is 35.5. The first kappa shape index (κ1) is 9.09. The highest BCUT2D eigenvalue weighted by molar-refractivity contribution is 6.28. The molecule has 0 unspecified atom stereocenters. The van der Waals surface area contributed by atoms with Crippen LogP contribution in [0.5, 0.6) is 11.8 Å². The van der Waals surface area contributed by atoms with Gasteiger partial charge in [-0.05, 0) is 30.7 Å². The lowest BCUT2D eigenvalue weighted by molar-refractivity contribution is 0.331. The Hall–Kier alpha value is -1.48. The largest absolute Gasteiger partial charge is 0.411 e. The average Bonchev–Trinajstić information content (AvgIpc) is 2.56. The number of rotatable bonds is 2. The Labute approximate surface area is 86.3 Å². The number of hydrogen-bond acceptors (Lipinski definition) is 3. The zero-order valence-electron chi connectivity index (χ0n) is 7.53. The summed E-state index contributed by atoms with van der Waals surface area (Å²) < 4.78 is 10.2. The summed E-state index contributed by atoms with van der Waals surface area (Å²) in [6.45, 7) is 2.01. The van der Waals surface area contributed by atoms with Crippen molar-refractivity contribution >= 4 is 11.6 Å². The first-order valence-electron chi connectivity index (χ1n) is 4.10. The lowest BCUT2D eigenvalue weighted by Gasteiger charge is -1.99. The van der Waals surface area contributed by atoms with Gasteiger partial charge in [-0.15, -0.1) is 0 Å². The summed E-state index contributed by atoms with van der Waals surface area (Å²) in [5.74, 6) is 0.675. The molecule has 1 heterocycles. The fourth-order valence-electron chi connectivity index (χ4n) is 0.994. The molecule has 2 aromatic rings. The molecule has 0 amide bonds. The van der Waals surface area contributed by atoms with Crippen LogP contribution in [-0.2, 0) is 0 Å². The van der Waals surface area contributed by atoms with Gasteiger partial charge in [-0.2, -0.15) is 4.98 Å². The van der Waals surface area contributed by atoms with Gasteiger partial charge >= 0.3 is 6.08 Å². The lowest BCUT2D eigenvalue weighted by atomic mass is 10.2. The Bertz CT molecular complexity index is 422. The highest BCUT2D eigenvalue weighted by Gasteiger charge is 2.03. The molecular formula is C10H8ClNO2. The summed E-state index contributed by atoms with van der Waals surface area (Å²) in [7, 11) is 0. The van der Waals surface area contributed by atoms with Crippen LogP contribution < -0.4 is 4.74 Å². The lowest BCUT2D eigenvalue weighted by Crippen LogP contribution is -1.83. The van der Waals surface area contributed by atoms with Gasteiger partial charge in [0.05, 0.1) is 6.20 Å². The van der Waals surface area contributed by atoms with Gasteiger partial charge in [0.15, 0.2) is 0 Å². The average molecular weight is 210 g/mol. The highest BCUT2D eigenvalue weighted by Crippen LogP contribution is 2.22. The summed E-state index contributed by atoms with van der Waals surface area (Å²) in [5, 5.41) is 0.215. The first-order chi connectivity index (χ1) is 6.74. The maximum absolute atomic E-state index is 5.54. The van der Waals surface area contributed by atoms with E-state index in [0.29, 0.717) is 5.75 Å². The topological polar surface area (TPSA) is 35.3 Å². The molecule has 0 atom stereocenters. The maximum atomic E-state index is 5.54. The van der Waals surface area contributed by atoms with Crippen LogP contribution >= 0.6 is 11.6 Å². The van der Waals surface area contributed by atoms with Crippen LogP contribution in [0.1, 0.15) is 5.56 Å². The number of nitrogens with zero attached hydrogens (tertiary/aromatic N) is 1. The van der Waals surface area contributed by atoms with Crippen molar-refractivity contribution < 1.29 is 9.15 Å². The minimum Gasteiger partial charge on any atom is -0.411 e. The molecule has 2 rings (SSSR count). The summed E-state index contributed by atoms with van der Waals surface area (Å²) in [4.78, 5) is 3.81. The number of aromatic nitrogens is 1. The molecule has 0 aliphatic rings. The molecule has 0 spiro atoms. The van der Waals surface area contributed by atoms with E-state index >= 15 is 0 Å². The third-order valence-corrected chi connectivity index (χ3v) is 1.86. The molecule has 0 saturated heterocycles. The zero-order valence-corrected chi connectivity index (χ0v) is 8.28. The van der Waals surface area contributed by atoms with Crippen LogP contribution in [0, 0.1) is 6.92 Å². The van der Waals surface area contributed by atoms with Crippen LogP contribution in [-0.4, -0.2) is 4.98 Å². The van der Waals surface area contributed by atoms with Crippen molar-refractivity contribution in [2.75, 3.05) is 0 Å². The van der Waals surface area contributed by atoms with Crippen LogP contribution in [0.15, 0.2) is 34.9 Å². The van der Waals surface area contributed by atoms with E-state index in [9.17, 15) is 0 Å². The molecule has 1 aromatic carbocycles. The van der Waals surface area contributed by atoms with Gasteiger partial charge in [0.1, 0.15) is 5.75 Å². The molecule has 0 N–H and O–H groups in total. The van der Waals surface area contributed by atoms with Gasteiger partial charge in [-0.25, -0.2) is 0 Å². The minimum atomic E-state index is 0.152. The normalized spacial score (nSPS) is 10.1. The molecule has 1 aromatic heterocycles. The van der Waals surface area contributed by atoms with Crippen molar-refractivity contribution in [3.05, 3.63) is 41.2 Å². The molecule has 0 radical (unpaired) electrons. The Kier molecular flexibility index (Phi) is 2.41. The molecule has 0 bridgehead atoms. The predicted octanol–water partition coefficient (Wildman–Crippen LogP) is 3.43. The van der Waals surface area contributed by atoms with Crippen LogP contribution in [0.2, 0.25) is 5.22 Å². The number of hydrogen-bond donors (Lipinski definition) is 0. The third kappa shape index (κ3) is 2.06. The molecule has 4 heteroatoms. The summed E-state index contributed by atoms with van der Waals surface area (Å²) in [6, 6.07) is 7.57. The van der Waals surface area contributed by atoms with Crippen LogP contribution in [0.25, 0.3) is 0 Å². The molecule has 3 nitrogen and oxygen atoms in total. The molecule has 0 fully saturated rings. The Morgan fingerprint density at radius 1 is 1.29 bits per heavy atom. The summed E-state index contributed by atoms with van der Waals surface area (Å²) in [5.41, 5.74) is 1.17. The molecule has 72 valence electrons. The van der Waals surface area contributed by atoms with E-state index in [2.05, 4.69) is 4.98 Å². The van der Waals surface area contributed by atoms with Crippen LogP contribution in [0.3, 0.4) is 0 Å². The molecular weight excluding hydrogens is 202 g/mol. The number of benzene rings is 1. The summed E-state index contributed by atoms with van der Waals surface area (Å²) in [6.07, 6.45) is 1.55. The van der Waals surface area contributed by atoms with Crippen molar-refractivity contribution in [3.8, 4) is 11.8 Å². The van der Waals surface area contributed by atoms with E-state index in [0.717, 1.165) is 0 Å². The van der Waals surface area contributed by atoms with E-state index < -0.39 is 0 Å². The summed E-state index contributed by atoms with van der Waals surface area (Å²) >= 11 is 5.54. The molecule has 0 saturated carbocycles. The van der Waals surface area contributed by atoms with Gasteiger partial charge in [0, 0.05) is 0 Å². The fraction of sp³-hybridized carbons (Fsp3) is 0.100. The van der Waals surface area contributed by atoms with Gasteiger partial charge in [-0.1, -0.05) is 17.7 Å². The number of oxazole rings is 1. The van der Waals surface area contributed by atoms with Gasteiger partial charge < -0.3 is 9.15 Å². The third-order valence-electron chi connectivity index (χ3n) is 1.68. The van der Waals surface area contributed by atoms with Crippen molar-refractivity contribution in [3.63, 3.8) is 0 Å². The second kappa shape index (κ2) is 3.72. The molecule has 14 heavy (non-hydrogen) atoms. The van der Waals surface area contributed by atoms with E-state index in [1.54, 1.807) is 0 Å². The minimum absolute atomic E-state index is 0.152. The SMILES string of the molecule is Cc1ccc(Oc2ncc(Cl)o2)cc1. The smallest absolute Gasteiger partial charge is 0.400 e. The van der Waals surface area contributed by atoms with Gasteiger partial charge in [-0.3, -0.25) is 0 Å². The van der Waals surface area contributed by atoms with E-state index in [-0.39, 0.29) is 11.3 Å². The zero-order chi connectivity index (χ0) is 9.97. The standard InChI is InChI=1S/C10H8ClNO2/c1-7-2-4-8(5-3-7)13-10-12-6-9(11)14-10/h2-6H,1H3. The monoisotopic (exact) mass is 209 g/mol. The number of aryl methyl sites for hydroxylation is 1. The van der Waals surface area contributed by atoms with E-state index in [1.807, 2.05) is 31.2 Å². The predicted molar refractivity (Wildman–Crippen MR) is 52.8 cm³/mol.